The molecule has 1 aromatic heterocycles. The second-order valence-electron chi connectivity index (χ2n) is 5.30. The van der Waals surface area contributed by atoms with Crippen LogP contribution in [0, 0.1) is 11.6 Å². The summed E-state index contributed by atoms with van der Waals surface area (Å²) >= 11 is 0. The molecule has 3 aromatic rings. The maximum atomic E-state index is 14.2. The maximum absolute atomic E-state index is 14.2. The molecule has 0 spiro atoms. The fourth-order valence-corrected chi connectivity index (χ4v) is 2.80. The van der Waals surface area contributed by atoms with Crippen LogP contribution in [-0.4, -0.2) is 15.7 Å². The Bertz CT molecular complexity index is 933. The highest BCUT2D eigenvalue weighted by molar-refractivity contribution is 6.00. The lowest BCUT2D eigenvalue weighted by atomic mass is 10.1. The van der Waals surface area contributed by atoms with Crippen molar-refractivity contribution in [1.29, 1.82) is 0 Å². The van der Waals surface area contributed by atoms with Gasteiger partial charge >= 0.3 is 0 Å². The van der Waals surface area contributed by atoms with Crippen molar-refractivity contribution in [3.63, 3.8) is 0 Å². The van der Waals surface area contributed by atoms with Gasteiger partial charge in [-0.25, -0.2) is 13.5 Å². The van der Waals surface area contributed by atoms with Crippen molar-refractivity contribution >= 4 is 11.6 Å². The Labute approximate surface area is 130 Å². The number of nitrogens with one attached hydrogen (secondary N) is 1. The van der Waals surface area contributed by atoms with E-state index in [1.54, 1.807) is 12.3 Å². The lowest BCUT2D eigenvalue weighted by molar-refractivity contribution is -0.115. The van der Waals surface area contributed by atoms with Crippen molar-refractivity contribution < 1.29 is 13.6 Å². The number of rotatable bonds is 1. The predicted molar refractivity (Wildman–Crippen MR) is 81.2 cm³/mol. The lowest BCUT2D eigenvalue weighted by Gasteiger charge is -2.11. The molecule has 1 N–H and O–H groups in total. The van der Waals surface area contributed by atoms with E-state index in [1.807, 2.05) is 18.2 Å². The summed E-state index contributed by atoms with van der Waals surface area (Å²) in [6, 6.07) is 10.6. The number of amides is 1. The average molecular weight is 311 g/mol. The van der Waals surface area contributed by atoms with E-state index in [1.165, 1.54) is 16.8 Å². The molecule has 1 aliphatic rings. The molecule has 0 saturated heterocycles. The molecular weight excluding hydrogens is 300 g/mol. The fraction of sp³-hybridized carbons (Fsp3) is 0.0588. The first kappa shape index (κ1) is 13.6. The Kier molecular flexibility index (Phi) is 2.97. The van der Waals surface area contributed by atoms with Crippen molar-refractivity contribution in [2.24, 2.45) is 0 Å². The molecule has 6 heteroatoms. The van der Waals surface area contributed by atoms with Crippen molar-refractivity contribution in [2.45, 2.75) is 6.42 Å². The standard InChI is InChI=1S/C17H11F2N3O/c18-11-5-6-15(13(19)8-11)22-17-10(9-20-22)7-16(23)21-14-4-2-1-3-12(14)17/h1-6,8-9H,7H2,(H,21,23). The van der Waals surface area contributed by atoms with Crippen LogP contribution in [0.15, 0.2) is 48.7 Å². The molecule has 23 heavy (non-hydrogen) atoms. The zero-order valence-electron chi connectivity index (χ0n) is 11.9. The SMILES string of the molecule is O=C1Cc2cnn(-c3ccc(F)cc3F)c2-c2ccccc2N1. The van der Waals surface area contributed by atoms with Gasteiger partial charge in [-0.2, -0.15) is 5.10 Å². The van der Waals surface area contributed by atoms with Gasteiger partial charge in [-0.3, -0.25) is 4.79 Å². The third kappa shape index (κ3) is 2.19. The van der Waals surface area contributed by atoms with Gasteiger partial charge in [-0.15, -0.1) is 0 Å². The van der Waals surface area contributed by atoms with E-state index in [0.29, 0.717) is 16.9 Å². The number of aromatic nitrogens is 2. The Morgan fingerprint density at radius 1 is 1.13 bits per heavy atom. The van der Waals surface area contributed by atoms with Crippen LogP contribution in [0.4, 0.5) is 14.5 Å². The second kappa shape index (κ2) is 5.01. The molecule has 0 aliphatic carbocycles. The molecule has 2 heterocycles. The molecule has 4 rings (SSSR count). The van der Waals surface area contributed by atoms with E-state index in [2.05, 4.69) is 10.4 Å². The van der Waals surface area contributed by atoms with Crippen LogP contribution < -0.4 is 5.32 Å². The third-order valence-corrected chi connectivity index (χ3v) is 3.79. The summed E-state index contributed by atoms with van der Waals surface area (Å²) in [7, 11) is 0. The number of fused-ring (bicyclic) bond motifs is 3. The van der Waals surface area contributed by atoms with Gasteiger partial charge in [0.25, 0.3) is 0 Å². The normalized spacial score (nSPS) is 13.0. The van der Waals surface area contributed by atoms with Gasteiger partial charge in [0, 0.05) is 17.2 Å². The summed E-state index contributed by atoms with van der Waals surface area (Å²) in [6.45, 7) is 0. The number of carbonyl (C=O) groups excluding carboxylic acids is 1. The summed E-state index contributed by atoms with van der Waals surface area (Å²) in [5.41, 5.74) is 2.84. The van der Waals surface area contributed by atoms with Gasteiger partial charge in [-0.05, 0) is 18.2 Å². The fourth-order valence-electron chi connectivity index (χ4n) is 2.80. The minimum absolute atomic E-state index is 0.136. The van der Waals surface area contributed by atoms with Gasteiger partial charge < -0.3 is 5.32 Å². The van der Waals surface area contributed by atoms with E-state index < -0.39 is 11.6 Å². The highest BCUT2D eigenvalue weighted by Crippen LogP contribution is 2.35. The molecule has 1 aliphatic heterocycles. The van der Waals surface area contributed by atoms with E-state index in [-0.39, 0.29) is 18.0 Å². The van der Waals surface area contributed by atoms with Crippen LogP contribution in [-0.2, 0) is 11.2 Å². The van der Waals surface area contributed by atoms with E-state index >= 15 is 0 Å². The number of benzene rings is 2. The number of carbonyl (C=O) groups is 1. The number of hydrogen-bond donors (Lipinski definition) is 1. The highest BCUT2D eigenvalue weighted by Gasteiger charge is 2.24. The molecule has 0 fully saturated rings. The molecule has 0 bridgehead atoms. The number of para-hydroxylation sites is 1. The van der Waals surface area contributed by atoms with E-state index in [0.717, 1.165) is 11.6 Å². The molecule has 2 aromatic carbocycles. The summed E-state index contributed by atoms with van der Waals surface area (Å²) in [6.07, 6.45) is 1.69. The van der Waals surface area contributed by atoms with Gasteiger partial charge in [-0.1, -0.05) is 18.2 Å². The summed E-state index contributed by atoms with van der Waals surface area (Å²) < 4.78 is 28.7. The first-order valence-corrected chi connectivity index (χ1v) is 7.05. The minimum atomic E-state index is -0.711. The van der Waals surface area contributed by atoms with Crippen LogP contribution in [0.1, 0.15) is 5.56 Å². The Balaban J connectivity index is 2.00. The average Bonchev–Trinajstić information content (AvgIpc) is 2.84. The molecule has 0 unspecified atom stereocenters. The Hall–Kier alpha value is -3.02. The maximum Gasteiger partial charge on any atom is 0.228 e. The lowest BCUT2D eigenvalue weighted by Crippen LogP contribution is -2.12. The monoisotopic (exact) mass is 311 g/mol. The highest BCUT2D eigenvalue weighted by atomic mass is 19.1. The number of hydrogen-bond acceptors (Lipinski definition) is 2. The largest absolute Gasteiger partial charge is 0.325 e. The quantitative estimate of drug-likeness (QED) is 0.749. The number of halogens is 2. The van der Waals surface area contributed by atoms with Gasteiger partial charge in [0.2, 0.25) is 5.91 Å². The first-order chi connectivity index (χ1) is 11.1. The van der Waals surface area contributed by atoms with E-state index in [4.69, 9.17) is 0 Å². The zero-order valence-corrected chi connectivity index (χ0v) is 11.9. The van der Waals surface area contributed by atoms with Gasteiger partial charge in [0.15, 0.2) is 5.82 Å². The number of nitrogens with zero attached hydrogens (tertiary/aromatic N) is 2. The van der Waals surface area contributed by atoms with Crippen LogP contribution in [0.2, 0.25) is 0 Å². The Morgan fingerprint density at radius 3 is 2.78 bits per heavy atom. The van der Waals surface area contributed by atoms with Crippen molar-refractivity contribution in [1.82, 2.24) is 9.78 Å². The summed E-state index contributed by atoms with van der Waals surface area (Å²) in [4.78, 5) is 12.0. The van der Waals surface area contributed by atoms with E-state index in [9.17, 15) is 13.6 Å². The summed E-state index contributed by atoms with van der Waals surface area (Å²) in [5.74, 6) is -1.52. The van der Waals surface area contributed by atoms with Crippen LogP contribution in [0.5, 0.6) is 0 Å². The molecule has 0 atom stereocenters. The van der Waals surface area contributed by atoms with Crippen molar-refractivity contribution in [2.75, 3.05) is 5.32 Å². The van der Waals surface area contributed by atoms with Gasteiger partial charge in [0.1, 0.15) is 11.5 Å². The predicted octanol–water partition coefficient (Wildman–Crippen LogP) is 3.31. The smallest absolute Gasteiger partial charge is 0.228 e. The number of anilines is 1. The molecular formula is C17H11F2N3O. The Morgan fingerprint density at radius 2 is 1.96 bits per heavy atom. The van der Waals surface area contributed by atoms with Crippen molar-refractivity contribution in [3.8, 4) is 16.9 Å². The molecule has 1 amide bonds. The topological polar surface area (TPSA) is 46.9 Å². The van der Waals surface area contributed by atoms with Gasteiger partial charge in [0.05, 0.1) is 24.0 Å². The second-order valence-corrected chi connectivity index (χ2v) is 5.30. The molecule has 0 radical (unpaired) electrons. The van der Waals surface area contributed by atoms with Crippen LogP contribution >= 0.6 is 0 Å². The molecule has 4 nitrogen and oxygen atoms in total. The summed E-state index contributed by atoms with van der Waals surface area (Å²) in [5, 5.41) is 7.03. The van der Waals surface area contributed by atoms with Crippen LogP contribution in [0.3, 0.4) is 0 Å². The zero-order chi connectivity index (χ0) is 16.0. The third-order valence-electron chi connectivity index (χ3n) is 3.79. The molecule has 114 valence electrons. The van der Waals surface area contributed by atoms with Crippen LogP contribution in [0.25, 0.3) is 16.9 Å². The van der Waals surface area contributed by atoms with Crippen molar-refractivity contribution in [3.05, 3.63) is 65.9 Å². The first-order valence-electron chi connectivity index (χ1n) is 7.05. The minimum Gasteiger partial charge on any atom is -0.325 e. The molecule has 0 saturated carbocycles.